The second-order valence-electron chi connectivity index (χ2n) is 5.66. The number of halogens is 1. The molecule has 0 aliphatic heterocycles. The molecular formula is C14H20FN3O2. The van der Waals surface area contributed by atoms with Gasteiger partial charge in [-0.25, -0.2) is 4.98 Å². The van der Waals surface area contributed by atoms with E-state index in [0.29, 0.717) is 18.7 Å². The zero-order chi connectivity index (χ0) is 15.0. The highest BCUT2D eigenvalue weighted by atomic mass is 19.1. The molecule has 0 radical (unpaired) electrons. The van der Waals surface area contributed by atoms with E-state index < -0.39 is 16.9 Å². The number of hydrogen-bond acceptors (Lipinski definition) is 4. The molecule has 1 amide bonds. The minimum atomic E-state index is -0.999. The highest BCUT2D eigenvalue weighted by Crippen LogP contribution is 2.50. The molecule has 0 bridgehead atoms. The second kappa shape index (κ2) is 5.10. The highest BCUT2D eigenvalue weighted by molar-refractivity contribution is 5.99. The van der Waals surface area contributed by atoms with Gasteiger partial charge in [0.2, 0.25) is 11.9 Å². The molecule has 1 saturated carbocycles. The Labute approximate surface area is 117 Å². The summed E-state index contributed by atoms with van der Waals surface area (Å²) in [5, 5.41) is 2.68. The van der Waals surface area contributed by atoms with Crippen molar-refractivity contribution in [3.8, 4) is 0 Å². The van der Waals surface area contributed by atoms with E-state index in [2.05, 4.69) is 10.3 Å². The van der Waals surface area contributed by atoms with E-state index in [1.807, 2.05) is 20.8 Å². The number of anilines is 1. The molecule has 1 aliphatic rings. The van der Waals surface area contributed by atoms with Gasteiger partial charge < -0.3 is 15.8 Å². The van der Waals surface area contributed by atoms with Crippen LogP contribution < -0.4 is 11.1 Å². The molecule has 2 atom stereocenters. The Morgan fingerprint density at radius 1 is 1.60 bits per heavy atom. The largest absolute Gasteiger partial charge is 0.378 e. The van der Waals surface area contributed by atoms with Crippen molar-refractivity contribution in [2.75, 3.05) is 11.9 Å². The fraction of sp³-hybridized carbons (Fsp3) is 0.571. The van der Waals surface area contributed by atoms with Gasteiger partial charge in [-0.15, -0.1) is 0 Å². The van der Waals surface area contributed by atoms with Gasteiger partial charge in [-0.1, -0.05) is 13.8 Å². The Morgan fingerprint density at radius 3 is 2.80 bits per heavy atom. The summed E-state index contributed by atoms with van der Waals surface area (Å²) in [6.07, 6.45) is 1.70. The first kappa shape index (κ1) is 14.9. The molecule has 3 N–H and O–H groups in total. The number of nitrogens with zero attached hydrogens (tertiary/aromatic N) is 1. The lowest BCUT2D eigenvalue weighted by atomic mass is 9.54. The molecule has 1 aliphatic carbocycles. The third-order valence-electron chi connectivity index (χ3n) is 4.22. The molecule has 0 saturated heterocycles. The average Bonchev–Trinajstić information content (AvgIpc) is 2.40. The summed E-state index contributed by atoms with van der Waals surface area (Å²) in [6, 6.07) is 2.64. The zero-order valence-corrected chi connectivity index (χ0v) is 11.9. The number of ether oxygens (including phenoxy) is 1. The topological polar surface area (TPSA) is 77.2 Å². The van der Waals surface area contributed by atoms with Crippen LogP contribution in [0.5, 0.6) is 0 Å². The number of amides is 1. The van der Waals surface area contributed by atoms with E-state index in [-0.39, 0.29) is 12.0 Å². The number of pyridine rings is 1. The van der Waals surface area contributed by atoms with Crippen LogP contribution in [0.3, 0.4) is 0 Å². The Hall–Kier alpha value is -1.53. The van der Waals surface area contributed by atoms with Crippen molar-refractivity contribution in [3.63, 3.8) is 0 Å². The highest BCUT2D eigenvalue weighted by Gasteiger charge is 2.62. The standard InChI is InChI=1S/C14H20FN3O2/c1-4-20-10-7-14(16,13(10,2)3)12(19)18-9-5-6-11(15)17-8-9/h5-6,8,10H,4,7,16H2,1-3H3,(H,18,19). The molecule has 1 aromatic heterocycles. The molecule has 1 aromatic rings. The molecule has 2 unspecified atom stereocenters. The average molecular weight is 281 g/mol. The number of hydrogen-bond donors (Lipinski definition) is 2. The van der Waals surface area contributed by atoms with Crippen molar-refractivity contribution in [2.45, 2.75) is 38.8 Å². The zero-order valence-electron chi connectivity index (χ0n) is 11.9. The van der Waals surface area contributed by atoms with Crippen LogP contribution in [-0.4, -0.2) is 29.1 Å². The Balaban J connectivity index is 2.08. The smallest absolute Gasteiger partial charge is 0.245 e. The molecule has 1 heterocycles. The predicted molar refractivity (Wildman–Crippen MR) is 73.6 cm³/mol. The quantitative estimate of drug-likeness (QED) is 0.823. The van der Waals surface area contributed by atoms with Crippen molar-refractivity contribution in [2.24, 2.45) is 11.1 Å². The first-order valence-corrected chi connectivity index (χ1v) is 6.64. The molecule has 110 valence electrons. The van der Waals surface area contributed by atoms with Gasteiger partial charge in [0.15, 0.2) is 0 Å². The minimum Gasteiger partial charge on any atom is -0.378 e. The Morgan fingerprint density at radius 2 is 2.30 bits per heavy atom. The fourth-order valence-electron chi connectivity index (χ4n) is 2.51. The summed E-state index contributed by atoms with van der Waals surface area (Å²) in [5.74, 6) is -0.891. The van der Waals surface area contributed by atoms with Crippen LogP contribution in [0.25, 0.3) is 0 Å². The number of nitrogens with one attached hydrogen (secondary N) is 1. The molecular weight excluding hydrogens is 261 g/mol. The monoisotopic (exact) mass is 281 g/mol. The van der Waals surface area contributed by atoms with Crippen molar-refractivity contribution in [1.82, 2.24) is 4.98 Å². The minimum absolute atomic E-state index is 0.0328. The molecule has 1 fully saturated rings. The summed E-state index contributed by atoms with van der Waals surface area (Å²) in [4.78, 5) is 15.8. The van der Waals surface area contributed by atoms with Crippen molar-refractivity contribution < 1.29 is 13.9 Å². The maximum Gasteiger partial charge on any atom is 0.245 e. The normalized spacial score (nSPS) is 27.8. The van der Waals surface area contributed by atoms with E-state index in [1.54, 1.807) is 0 Å². The SMILES string of the molecule is CCOC1CC(N)(C(=O)Nc2ccc(F)nc2)C1(C)C. The van der Waals surface area contributed by atoms with E-state index in [9.17, 15) is 9.18 Å². The third-order valence-corrected chi connectivity index (χ3v) is 4.22. The molecule has 2 rings (SSSR count). The number of carbonyl (C=O) groups is 1. The lowest BCUT2D eigenvalue weighted by Gasteiger charge is -2.57. The van der Waals surface area contributed by atoms with Gasteiger partial charge in [-0.05, 0) is 19.1 Å². The molecule has 5 nitrogen and oxygen atoms in total. The van der Waals surface area contributed by atoms with E-state index in [4.69, 9.17) is 10.5 Å². The van der Waals surface area contributed by atoms with Gasteiger partial charge in [0.25, 0.3) is 0 Å². The van der Waals surface area contributed by atoms with Gasteiger partial charge >= 0.3 is 0 Å². The van der Waals surface area contributed by atoms with Crippen molar-refractivity contribution in [3.05, 3.63) is 24.3 Å². The van der Waals surface area contributed by atoms with Gasteiger partial charge in [0.1, 0.15) is 5.54 Å². The molecule has 0 spiro atoms. The van der Waals surface area contributed by atoms with Crippen LogP contribution >= 0.6 is 0 Å². The van der Waals surface area contributed by atoms with Crippen LogP contribution in [0.4, 0.5) is 10.1 Å². The van der Waals surface area contributed by atoms with Crippen LogP contribution in [0.2, 0.25) is 0 Å². The Kier molecular flexibility index (Phi) is 3.80. The van der Waals surface area contributed by atoms with Gasteiger partial charge in [0, 0.05) is 18.4 Å². The molecule has 0 aromatic carbocycles. The first-order chi connectivity index (χ1) is 9.31. The van der Waals surface area contributed by atoms with E-state index >= 15 is 0 Å². The maximum absolute atomic E-state index is 12.7. The lowest BCUT2D eigenvalue weighted by Crippen LogP contribution is -2.74. The number of nitrogens with two attached hydrogens (primary N) is 1. The summed E-state index contributed by atoms with van der Waals surface area (Å²) in [5.41, 5.74) is 5.21. The van der Waals surface area contributed by atoms with E-state index in [0.717, 1.165) is 0 Å². The van der Waals surface area contributed by atoms with Crippen molar-refractivity contribution >= 4 is 11.6 Å². The lowest BCUT2D eigenvalue weighted by molar-refractivity contribution is -0.166. The third kappa shape index (κ3) is 2.29. The maximum atomic E-state index is 12.7. The van der Waals surface area contributed by atoms with Gasteiger partial charge in [-0.3, -0.25) is 4.79 Å². The predicted octanol–water partition coefficient (Wildman–Crippen LogP) is 1.69. The summed E-state index contributed by atoms with van der Waals surface area (Å²) in [7, 11) is 0. The molecule has 6 heteroatoms. The molecule has 20 heavy (non-hydrogen) atoms. The number of carbonyl (C=O) groups excluding carboxylic acids is 1. The van der Waals surface area contributed by atoms with Crippen LogP contribution in [0, 0.1) is 11.4 Å². The van der Waals surface area contributed by atoms with Crippen LogP contribution in [-0.2, 0) is 9.53 Å². The fourth-order valence-corrected chi connectivity index (χ4v) is 2.51. The van der Waals surface area contributed by atoms with Crippen LogP contribution in [0.1, 0.15) is 27.2 Å². The van der Waals surface area contributed by atoms with Crippen LogP contribution in [0.15, 0.2) is 18.3 Å². The first-order valence-electron chi connectivity index (χ1n) is 6.64. The summed E-state index contributed by atoms with van der Waals surface area (Å²) in [6.45, 7) is 6.34. The Bertz CT molecular complexity index is 504. The summed E-state index contributed by atoms with van der Waals surface area (Å²) < 4.78 is 18.3. The second-order valence-corrected chi connectivity index (χ2v) is 5.66. The van der Waals surface area contributed by atoms with Crippen molar-refractivity contribution in [1.29, 1.82) is 0 Å². The number of rotatable bonds is 4. The number of aromatic nitrogens is 1. The summed E-state index contributed by atoms with van der Waals surface area (Å²) >= 11 is 0. The van der Waals surface area contributed by atoms with E-state index in [1.165, 1.54) is 18.3 Å². The van der Waals surface area contributed by atoms with Gasteiger partial charge in [0.05, 0.1) is 18.0 Å². The van der Waals surface area contributed by atoms with Gasteiger partial charge in [-0.2, -0.15) is 4.39 Å².